The molecule has 0 aliphatic carbocycles. The van der Waals surface area contributed by atoms with Gasteiger partial charge in [-0.3, -0.25) is 4.90 Å². The van der Waals surface area contributed by atoms with Gasteiger partial charge in [0.25, 0.3) is 0 Å². The minimum Gasteiger partial charge on any atom is -0.445 e. The third-order valence-electron chi connectivity index (χ3n) is 4.12. The molecule has 0 aromatic heterocycles. The number of hydrogen-bond acceptors (Lipinski definition) is 5. The molecule has 0 spiro atoms. The summed E-state index contributed by atoms with van der Waals surface area (Å²) >= 11 is 0. The third-order valence-corrected chi connectivity index (χ3v) is 4.12. The van der Waals surface area contributed by atoms with E-state index in [0.717, 1.165) is 5.56 Å². The summed E-state index contributed by atoms with van der Waals surface area (Å²) in [5, 5.41) is 9.69. The molecule has 2 atom stereocenters. The number of amides is 2. The van der Waals surface area contributed by atoms with Crippen molar-refractivity contribution in [1.82, 2.24) is 9.80 Å². The van der Waals surface area contributed by atoms with Gasteiger partial charge in [-0.2, -0.15) is 0 Å². The van der Waals surface area contributed by atoms with Gasteiger partial charge in [-0.15, -0.1) is 0 Å². The van der Waals surface area contributed by atoms with Crippen LogP contribution in [0.25, 0.3) is 0 Å². The molecule has 1 fully saturated rings. The molecule has 26 heavy (non-hydrogen) atoms. The average molecular weight is 364 g/mol. The summed E-state index contributed by atoms with van der Waals surface area (Å²) in [6, 6.07) is 8.63. The minimum atomic E-state index is -0.600. The summed E-state index contributed by atoms with van der Waals surface area (Å²) in [4.78, 5) is 27.8. The number of ether oxygens (including phenoxy) is 2. The van der Waals surface area contributed by atoms with Crippen molar-refractivity contribution in [3.05, 3.63) is 35.9 Å². The molecule has 0 saturated carbocycles. The topological polar surface area (TPSA) is 79.3 Å². The highest BCUT2D eigenvalue weighted by molar-refractivity contribution is 5.71. The van der Waals surface area contributed by atoms with Gasteiger partial charge in [0, 0.05) is 13.1 Å². The first-order valence-corrected chi connectivity index (χ1v) is 8.79. The van der Waals surface area contributed by atoms with Crippen LogP contribution in [0.15, 0.2) is 30.3 Å². The number of carbonyl (C=O) groups excluding carboxylic acids is 2. The van der Waals surface area contributed by atoms with Crippen molar-refractivity contribution in [3.63, 3.8) is 0 Å². The van der Waals surface area contributed by atoms with Gasteiger partial charge in [0.05, 0.1) is 18.7 Å². The van der Waals surface area contributed by atoms with Gasteiger partial charge in [-0.25, -0.2) is 9.59 Å². The lowest BCUT2D eigenvalue weighted by Gasteiger charge is -2.44. The first-order valence-electron chi connectivity index (χ1n) is 8.79. The monoisotopic (exact) mass is 364 g/mol. The summed E-state index contributed by atoms with van der Waals surface area (Å²) < 4.78 is 10.8. The maximum atomic E-state index is 12.4. The fraction of sp³-hybridized carbons (Fsp3) is 0.579. The number of aliphatic hydroxyl groups excluding tert-OH is 1. The molecule has 2 unspecified atom stereocenters. The Hall–Kier alpha value is -2.28. The number of piperazine rings is 1. The first kappa shape index (κ1) is 20.0. The van der Waals surface area contributed by atoms with Gasteiger partial charge in [-0.1, -0.05) is 30.3 Å². The highest BCUT2D eigenvalue weighted by Gasteiger charge is 2.38. The molecular weight excluding hydrogens is 336 g/mol. The van der Waals surface area contributed by atoms with Crippen molar-refractivity contribution in [1.29, 1.82) is 0 Å². The molecule has 1 saturated heterocycles. The zero-order valence-electron chi connectivity index (χ0n) is 15.8. The second-order valence-corrected chi connectivity index (χ2v) is 7.51. The summed E-state index contributed by atoms with van der Waals surface area (Å²) in [5.74, 6) is 0. The molecule has 1 heterocycles. The highest BCUT2D eigenvalue weighted by Crippen LogP contribution is 2.20. The predicted octanol–water partition coefficient (Wildman–Crippen LogP) is 2.63. The maximum Gasteiger partial charge on any atom is 0.410 e. The number of nitrogens with zero attached hydrogens (tertiary/aromatic N) is 2. The second kappa shape index (κ2) is 8.40. The summed E-state index contributed by atoms with van der Waals surface area (Å²) in [6.45, 7) is 7.63. The predicted molar refractivity (Wildman–Crippen MR) is 96.6 cm³/mol. The molecule has 0 bridgehead atoms. The quantitative estimate of drug-likeness (QED) is 0.892. The fourth-order valence-electron chi connectivity index (χ4n) is 2.80. The van der Waals surface area contributed by atoms with Crippen LogP contribution < -0.4 is 0 Å². The van der Waals surface area contributed by atoms with Crippen molar-refractivity contribution in [3.8, 4) is 0 Å². The average Bonchev–Trinajstić information content (AvgIpc) is 2.58. The number of aliphatic hydroxyl groups is 1. The Kier molecular flexibility index (Phi) is 6.47. The molecule has 1 aliphatic rings. The highest BCUT2D eigenvalue weighted by atomic mass is 16.6. The number of rotatable bonds is 3. The maximum absolute atomic E-state index is 12.4. The Labute approximate surface area is 154 Å². The van der Waals surface area contributed by atoms with Crippen molar-refractivity contribution in [2.75, 3.05) is 19.7 Å². The number of carbonyl (C=O) groups is 2. The van der Waals surface area contributed by atoms with Crippen LogP contribution in [0.3, 0.4) is 0 Å². The van der Waals surface area contributed by atoms with E-state index in [2.05, 4.69) is 0 Å². The second-order valence-electron chi connectivity index (χ2n) is 7.51. The molecular formula is C19H28N2O5. The van der Waals surface area contributed by atoms with Crippen LogP contribution in [-0.2, 0) is 16.1 Å². The van der Waals surface area contributed by atoms with E-state index in [1.807, 2.05) is 37.3 Å². The van der Waals surface area contributed by atoms with Gasteiger partial charge in [-0.05, 0) is 33.3 Å². The summed E-state index contributed by atoms with van der Waals surface area (Å²) in [7, 11) is 0. The van der Waals surface area contributed by atoms with Crippen molar-refractivity contribution in [2.45, 2.75) is 52.0 Å². The largest absolute Gasteiger partial charge is 0.445 e. The van der Waals surface area contributed by atoms with Gasteiger partial charge >= 0.3 is 12.2 Å². The van der Waals surface area contributed by atoms with Crippen LogP contribution in [0.5, 0.6) is 0 Å². The number of benzene rings is 1. The van der Waals surface area contributed by atoms with Crippen molar-refractivity contribution in [2.24, 2.45) is 0 Å². The van der Waals surface area contributed by atoms with E-state index in [9.17, 15) is 14.7 Å². The Balaban J connectivity index is 1.98. The molecule has 7 nitrogen and oxygen atoms in total. The lowest BCUT2D eigenvalue weighted by Crippen LogP contribution is -2.62. The van der Waals surface area contributed by atoms with Gasteiger partial charge in [0.15, 0.2) is 0 Å². The SMILES string of the molecule is CC1CN(C(=O)OCc2ccccc2)C(CO)CN1C(=O)OC(C)(C)C. The van der Waals surface area contributed by atoms with Crippen molar-refractivity contribution < 1.29 is 24.2 Å². The van der Waals surface area contributed by atoms with Crippen LogP contribution in [0.2, 0.25) is 0 Å². The molecule has 2 rings (SSSR count). The zero-order valence-corrected chi connectivity index (χ0v) is 15.8. The standard InChI is InChI=1S/C19H28N2O5/c1-14-10-21(17(23)25-13-15-8-6-5-7-9-15)16(12-22)11-20(14)18(24)26-19(2,3)4/h5-9,14,16,22H,10-13H2,1-4H3. The zero-order chi connectivity index (χ0) is 19.3. The van der Waals surface area contributed by atoms with Crippen LogP contribution in [0, 0.1) is 0 Å². The molecule has 0 radical (unpaired) electrons. The van der Waals surface area contributed by atoms with E-state index >= 15 is 0 Å². The first-order chi connectivity index (χ1) is 12.2. The minimum absolute atomic E-state index is 0.165. The molecule has 1 aliphatic heterocycles. The van der Waals surface area contributed by atoms with Gasteiger partial charge in [0.2, 0.25) is 0 Å². The Morgan fingerprint density at radius 3 is 2.35 bits per heavy atom. The van der Waals surface area contributed by atoms with Crippen LogP contribution in [-0.4, -0.2) is 64.5 Å². The van der Waals surface area contributed by atoms with Gasteiger partial charge in [0.1, 0.15) is 12.2 Å². The molecule has 7 heteroatoms. The molecule has 1 N–H and O–H groups in total. The molecule has 2 amide bonds. The molecule has 144 valence electrons. The normalized spacial score (nSPS) is 20.7. The van der Waals surface area contributed by atoms with E-state index in [1.165, 1.54) is 4.90 Å². The van der Waals surface area contributed by atoms with Crippen LogP contribution in [0.4, 0.5) is 9.59 Å². The molecule has 1 aromatic rings. The van der Waals surface area contributed by atoms with Crippen LogP contribution >= 0.6 is 0 Å². The smallest absolute Gasteiger partial charge is 0.410 e. The third kappa shape index (κ3) is 5.36. The summed E-state index contributed by atoms with van der Waals surface area (Å²) in [5.41, 5.74) is 0.291. The Bertz CT molecular complexity index is 614. The van der Waals surface area contributed by atoms with E-state index in [0.29, 0.717) is 0 Å². The van der Waals surface area contributed by atoms with E-state index in [1.54, 1.807) is 25.7 Å². The van der Waals surface area contributed by atoms with Gasteiger partial charge < -0.3 is 19.5 Å². The Morgan fingerprint density at radius 1 is 1.12 bits per heavy atom. The Morgan fingerprint density at radius 2 is 1.77 bits per heavy atom. The van der Waals surface area contributed by atoms with E-state index < -0.39 is 23.8 Å². The molecule has 1 aromatic carbocycles. The van der Waals surface area contributed by atoms with Crippen molar-refractivity contribution >= 4 is 12.2 Å². The van der Waals surface area contributed by atoms with E-state index in [-0.39, 0.29) is 32.3 Å². The summed E-state index contributed by atoms with van der Waals surface area (Å²) in [6.07, 6.45) is -0.940. The van der Waals surface area contributed by atoms with Crippen LogP contribution in [0.1, 0.15) is 33.3 Å². The van der Waals surface area contributed by atoms with E-state index in [4.69, 9.17) is 9.47 Å². The lowest BCUT2D eigenvalue weighted by molar-refractivity contribution is -0.0225. The fourth-order valence-corrected chi connectivity index (χ4v) is 2.80. The lowest BCUT2D eigenvalue weighted by atomic mass is 10.1. The number of hydrogen-bond donors (Lipinski definition) is 1.